The summed E-state index contributed by atoms with van der Waals surface area (Å²) in [6, 6.07) is 0. The second-order valence-electron chi connectivity index (χ2n) is 1.75. The van der Waals surface area contributed by atoms with E-state index < -0.39 is 0 Å². The number of likely N-dealkylation sites (N-methyl/N-ethyl adjacent to an activating group) is 1. The third-order valence-corrected chi connectivity index (χ3v) is 1.02. The van der Waals surface area contributed by atoms with E-state index in [0.29, 0.717) is 6.54 Å². The Morgan fingerprint density at radius 2 is 2.33 bits per heavy atom. The number of guanidine groups is 1. The summed E-state index contributed by atoms with van der Waals surface area (Å²) in [5.74, 6) is 0.0903. The molecule has 1 amide bonds. The molecule has 0 radical (unpaired) electrons. The molecule has 0 aromatic heterocycles. The summed E-state index contributed by atoms with van der Waals surface area (Å²) in [5, 5.41) is 9.32. The fourth-order valence-electron chi connectivity index (χ4n) is 0.561. The molecule has 9 heavy (non-hydrogen) atoms. The second-order valence-corrected chi connectivity index (χ2v) is 1.75. The fraction of sp³-hybridized carbons (Fsp3) is 0.500. The van der Waals surface area contributed by atoms with E-state index in [4.69, 9.17) is 5.41 Å². The van der Waals surface area contributed by atoms with Crippen LogP contribution in [-0.4, -0.2) is 30.4 Å². The average Bonchev–Trinajstić information content (AvgIpc) is 1.85. The van der Waals surface area contributed by atoms with Crippen molar-refractivity contribution in [3.8, 4) is 0 Å². The number of hydrogen-bond donors (Lipinski definition) is 2. The minimum absolute atomic E-state index is 0. The third kappa shape index (κ3) is 1.64. The zero-order valence-corrected chi connectivity index (χ0v) is 6.68. The topological polar surface area (TPSA) is 56.2 Å². The van der Waals surface area contributed by atoms with E-state index in [1.807, 2.05) is 0 Å². The Hall–Kier alpha value is -0.630. The molecule has 1 atom stereocenters. The van der Waals surface area contributed by atoms with E-state index in [0.717, 1.165) is 0 Å². The van der Waals surface area contributed by atoms with Crippen LogP contribution in [0.15, 0.2) is 0 Å². The first-order chi connectivity index (χ1) is 3.70. The highest BCUT2D eigenvalue weighted by atomic mass is 31.0. The molecule has 1 aliphatic rings. The van der Waals surface area contributed by atoms with E-state index in [2.05, 4.69) is 5.32 Å². The Labute approximate surface area is 56.7 Å². The first-order valence-electron chi connectivity index (χ1n) is 2.29. The molecule has 0 aliphatic carbocycles. The number of nitrogens with zero attached hydrogens (tertiary/aromatic N) is 1. The highest BCUT2D eigenvalue weighted by Gasteiger charge is 2.18. The molecule has 1 heterocycles. The summed E-state index contributed by atoms with van der Waals surface area (Å²) in [4.78, 5) is 11.9. The summed E-state index contributed by atoms with van der Waals surface area (Å²) in [6.45, 7) is 0.318. The molecule has 0 aromatic carbocycles. The molecule has 5 heteroatoms. The molecule has 1 aliphatic heterocycles. The molecular formula is C4H10N3OP. The lowest BCUT2D eigenvalue weighted by Gasteiger charge is -2.03. The number of amides is 1. The van der Waals surface area contributed by atoms with E-state index >= 15 is 0 Å². The van der Waals surface area contributed by atoms with Gasteiger partial charge in [0.05, 0.1) is 6.54 Å². The van der Waals surface area contributed by atoms with Gasteiger partial charge in [-0.2, -0.15) is 9.90 Å². The van der Waals surface area contributed by atoms with Crippen LogP contribution in [0, 0.1) is 5.41 Å². The maximum atomic E-state index is 10.4. The van der Waals surface area contributed by atoms with Crippen LogP contribution in [0.25, 0.3) is 0 Å². The molecule has 1 unspecified atom stereocenters. The van der Waals surface area contributed by atoms with Crippen molar-refractivity contribution in [2.45, 2.75) is 0 Å². The Balaban J connectivity index is 0.000000640. The second kappa shape index (κ2) is 2.78. The minimum atomic E-state index is -0.0995. The quantitative estimate of drug-likeness (QED) is 0.433. The third-order valence-electron chi connectivity index (χ3n) is 1.02. The predicted molar refractivity (Wildman–Crippen MR) is 39.6 cm³/mol. The fourth-order valence-corrected chi connectivity index (χ4v) is 0.561. The van der Waals surface area contributed by atoms with Gasteiger partial charge in [0.15, 0.2) is 5.96 Å². The Morgan fingerprint density at radius 3 is 2.44 bits per heavy atom. The van der Waals surface area contributed by atoms with Crippen LogP contribution >= 0.6 is 9.90 Å². The van der Waals surface area contributed by atoms with E-state index in [1.165, 1.54) is 0 Å². The van der Waals surface area contributed by atoms with Gasteiger partial charge in [-0.1, -0.05) is 0 Å². The first-order valence-corrected chi connectivity index (χ1v) is 2.29. The van der Waals surface area contributed by atoms with Gasteiger partial charge >= 0.3 is 0 Å². The maximum absolute atomic E-state index is 10.4. The van der Waals surface area contributed by atoms with Gasteiger partial charge < -0.3 is 4.90 Å². The summed E-state index contributed by atoms with van der Waals surface area (Å²) in [5.41, 5.74) is 0. The van der Waals surface area contributed by atoms with Gasteiger partial charge in [-0.3, -0.25) is 15.5 Å². The molecular weight excluding hydrogens is 137 g/mol. The number of carbonyl (C=O) groups is 1. The minimum Gasteiger partial charge on any atom is -0.337 e. The van der Waals surface area contributed by atoms with Crippen molar-refractivity contribution >= 4 is 21.8 Å². The van der Waals surface area contributed by atoms with Gasteiger partial charge in [0.25, 0.3) is 0 Å². The number of hydrogen-bond acceptors (Lipinski definition) is 2. The van der Waals surface area contributed by atoms with Crippen LogP contribution in [0.5, 0.6) is 0 Å². The van der Waals surface area contributed by atoms with Crippen LogP contribution in [0.2, 0.25) is 0 Å². The normalized spacial score (nSPS) is 17.2. The molecule has 0 spiro atoms. The zero-order chi connectivity index (χ0) is 6.15. The van der Waals surface area contributed by atoms with Crippen molar-refractivity contribution < 1.29 is 4.79 Å². The van der Waals surface area contributed by atoms with Crippen molar-refractivity contribution in [3.05, 3.63) is 0 Å². The molecule has 1 saturated heterocycles. The van der Waals surface area contributed by atoms with Crippen molar-refractivity contribution in [1.82, 2.24) is 10.2 Å². The Kier molecular flexibility index (Phi) is 2.59. The van der Waals surface area contributed by atoms with Gasteiger partial charge in [0.1, 0.15) is 0 Å². The van der Waals surface area contributed by atoms with Gasteiger partial charge in [-0.05, 0) is 0 Å². The van der Waals surface area contributed by atoms with Crippen molar-refractivity contribution in [2.24, 2.45) is 0 Å². The predicted octanol–water partition coefficient (Wildman–Crippen LogP) is -0.959. The van der Waals surface area contributed by atoms with E-state index in [1.54, 1.807) is 11.9 Å². The Morgan fingerprint density at radius 1 is 1.78 bits per heavy atom. The van der Waals surface area contributed by atoms with Crippen molar-refractivity contribution in [1.29, 1.82) is 5.41 Å². The number of carbonyl (C=O) groups excluding carboxylic acids is 1. The van der Waals surface area contributed by atoms with Gasteiger partial charge in [-0.15, -0.1) is 0 Å². The molecule has 2 N–H and O–H groups in total. The van der Waals surface area contributed by atoms with Crippen LogP contribution in [-0.2, 0) is 4.79 Å². The highest BCUT2D eigenvalue weighted by molar-refractivity contribution is 6.92. The smallest absolute Gasteiger partial charge is 0.246 e. The number of nitrogens with one attached hydrogen (secondary N) is 2. The monoisotopic (exact) mass is 147 g/mol. The Bertz CT molecular complexity index is 147. The molecule has 1 fully saturated rings. The average molecular weight is 147 g/mol. The van der Waals surface area contributed by atoms with Gasteiger partial charge in [-0.25, -0.2) is 0 Å². The lowest BCUT2D eigenvalue weighted by Crippen LogP contribution is -2.25. The van der Waals surface area contributed by atoms with Gasteiger partial charge in [0, 0.05) is 7.05 Å². The summed E-state index contributed by atoms with van der Waals surface area (Å²) in [6.07, 6.45) is 0. The molecule has 0 aromatic rings. The summed E-state index contributed by atoms with van der Waals surface area (Å²) >= 11 is 0. The molecule has 1 rings (SSSR count). The molecule has 4 nitrogen and oxygen atoms in total. The zero-order valence-electron chi connectivity index (χ0n) is 5.27. The van der Waals surface area contributed by atoms with Crippen LogP contribution < -0.4 is 5.32 Å². The van der Waals surface area contributed by atoms with Crippen molar-refractivity contribution in [3.63, 3.8) is 0 Å². The lowest BCUT2D eigenvalue weighted by molar-refractivity contribution is -0.118. The van der Waals surface area contributed by atoms with E-state index in [-0.39, 0.29) is 21.8 Å². The van der Waals surface area contributed by atoms with Crippen molar-refractivity contribution in [2.75, 3.05) is 13.6 Å². The lowest BCUT2D eigenvalue weighted by atomic mass is 10.6. The maximum Gasteiger partial charge on any atom is 0.246 e. The van der Waals surface area contributed by atoms with Gasteiger partial charge in [0.2, 0.25) is 5.91 Å². The molecule has 52 valence electrons. The summed E-state index contributed by atoms with van der Waals surface area (Å²) in [7, 11) is 1.69. The van der Waals surface area contributed by atoms with Crippen LogP contribution in [0.4, 0.5) is 0 Å². The first kappa shape index (κ1) is 8.37. The summed E-state index contributed by atoms with van der Waals surface area (Å²) < 4.78 is 0. The highest BCUT2D eigenvalue weighted by Crippen LogP contribution is 1.89. The molecule has 0 saturated carbocycles. The van der Waals surface area contributed by atoms with E-state index in [9.17, 15) is 4.79 Å². The molecule has 0 bridgehead atoms. The van der Waals surface area contributed by atoms with Crippen LogP contribution in [0.1, 0.15) is 0 Å². The van der Waals surface area contributed by atoms with Crippen LogP contribution in [0.3, 0.4) is 0 Å². The largest absolute Gasteiger partial charge is 0.337 e. The SMILES string of the molecule is CN1CC(=O)NC1=N.P. The number of rotatable bonds is 0. The standard InChI is InChI=1S/C4H7N3O.H3P/c1-7-2-3(8)6-4(7)5;/h2H2,1H3,(H2,5,6,8);1H3.